The highest BCUT2D eigenvalue weighted by Crippen LogP contribution is 2.30. The van der Waals surface area contributed by atoms with Crippen molar-refractivity contribution in [1.82, 2.24) is 19.2 Å². The van der Waals surface area contributed by atoms with Gasteiger partial charge in [0.05, 0.1) is 29.0 Å². The topological polar surface area (TPSA) is 98.4 Å². The largest absolute Gasteiger partial charge is 0.501 e. The van der Waals surface area contributed by atoms with Crippen molar-refractivity contribution >= 4 is 27.1 Å². The van der Waals surface area contributed by atoms with E-state index in [2.05, 4.69) is 15.4 Å². The number of nitrogens with one attached hydrogen (secondary N) is 1. The summed E-state index contributed by atoms with van der Waals surface area (Å²) in [6, 6.07) is 9.12. The van der Waals surface area contributed by atoms with Crippen LogP contribution in [-0.2, 0) is 16.4 Å². The lowest BCUT2D eigenvalue weighted by molar-refractivity contribution is -0.0436. The third-order valence-corrected chi connectivity index (χ3v) is 5.86. The Hall–Kier alpha value is -3.67. The van der Waals surface area contributed by atoms with Crippen LogP contribution in [0.25, 0.3) is 5.65 Å². The van der Waals surface area contributed by atoms with Crippen molar-refractivity contribution in [1.29, 1.82) is 0 Å². The van der Waals surface area contributed by atoms with E-state index in [0.29, 0.717) is 12.2 Å². The first-order valence-corrected chi connectivity index (χ1v) is 10.3. The van der Waals surface area contributed by atoms with Gasteiger partial charge >= 0.3 is 5.51 Å². The summed E-state index contributed by atoms with van der Waals surface area (Å²) in [7, 11) is -5.47. The Morgan fingerprint density at radius 1 is 1.06 bits per heavy atom. The monoisotopic (exact) mass is 449 g/mol. The first-order chi connectivity index (χ1) is 14.6. The smallest absolute Gasteiger partial charge is 0.319 e. The Morgan fingerprint density at radius 2 is 1.81 bits per heavy atom. The lowest BCUT2D eigenvalue weighted by Crippen LogP contribution is -2.23. The maximum absolute atomic E-state index is 12.6. The van der Waals surface area contributed by atoms with Crippen LogP contribution >= 0.6 is 0 Å². The fourth-order valence-electron chi connectivity index (χ4n) is 2.87. The fraction of sp³-hybridized carbons (Fsp3) is 0.105. The summed E-state index contributed by atoms with van der Waals surface area (Å²) >= 11 is 0. The van der Waals surface area contributed by atoms with Crippen LogP contribution in [0.1, 0.15) is 16.1 Å². The third-order valence-electron chi connectivity index (χ3n) is 4.36. The van der Waals surface area contributed by atoms with Crippen LogP contribution in [0.2, 0.25) is 0 Å². The Balaban J connectivity index is 1.44. The number of rotatable bonds is 5. The van der Waals surface area contributed by atoms with E-state index in [1.165, 1.54) is 6.20 Å². The number of benzene rings is 1. The summed E-state index contributed by atoms with van der Waals surface area (Å²) < 4.78 is 64.0. The van der Waals surface area contributed by atoms with Crippen molar-refractivity contribution in [3.63, 3.8) is 0 Å². The highest BCUT2D eigenvalue weighted by Gasteiger charge is 2.46. The molecule has 0 saturated heterocycles. The van der Waals surface area contributed by atoms with Gasteiger partial charge in [0.15, 0.2) is 0 Å². The average Bonchev–Trinajstić information content (AvgIpc) is 3.33. The number of carbonyl (C=O) groups excluding carboxylic acids is 1. The van der Waals surface area contributed by atoms with Gasteiger partial charge in [0, 0.05) is 24.2 Å². The maximum Gasteiger partial charge on any atom is 0.501 e. The first-order valence-electron chi connectivity index (χ1n) is 8.81. The Kier molecular flexibility index (Phi) is 5.01. The average molecular weight is 449 g/mol. The second kappa shape index (κ2) is 7.54. The molecule has 1 aromatic carbocycles. The highest BCUT2D eigenvalue weighted by atomic mass is 32.2. The zero-order valence-electron chi connectivity index (χ0n) is 15.6. The molecule has 31 heavy (non-hydrogen) atoms. The van der Waals surface area contributed by atoms with Crippen LogP contribution in [0.4, 0.5) is 18.9 Å². The molecule has 0 radical (unpaired) electrons. The molecule has 0 saturated carbocycles. The molecular formula is C19H14F3N5O3S. The molecule has 8 nitrogen and oxygen atoms in total. The van der Waals surface area contributed by atoms with Gasteiger partial charge in [0.2, 0.25) is 0 Å². The zero-order valence-corrected chi connectivity index (χ0v) is 16.4. The summed E-state index contributed by atoms with van der Waals surface area (Å²) in [6.07, 6.45) is 6.71. The normalized spacial score (nSPS) is 12.2. The minimum absolute atomic E-state index is 0.00535. The first kappa shape index (κ1) is 20.6. The SMILES string of the molecule is O=C(Nc1cnn(Cc2cn3ccccc3n2)c1)c1ccc(S(=O)(=O)C(F)(F)F)cc1. The summed E-state index contributed by atoms with van der Waals surface area (Å²) in [5.41, 5.74) is -3.51. The molecule has 0 aliphatic carbocycles. The quantitative estimate of drug-likeness (QED) is 0.505. The second-order valence-corrected chi connectivity index (χ2v) is 8.49. The van der Waals surface area contributed by atoms with E-state index in [4.69, 9.17) is 0 Å². The maximum atomic E-state index is 12.6. The third kappa shape index (κ3) is 4.14. The number of alkyl halides is 3. The van der Waals surface area contributed by atoms with Crippen molar-refractivity contribution < 1.29 is 26.4 Å². The fourth-order valence-corrected chi connectivity index (χ4v) is 3.63. The molecule has 0 bridgehead atoms. The number of imidazole rings is 1. The number of amides is 1. The van der Waals surface area contributed by atoms with Gasteiger partial charge in [-0.25, -0.2) is 13.4 Å². The van der Waals surface area contributed by atoms with E-state index in [9.17, 15) is 26.4 Å². The van der Waals surface area contributed by atoms with Gasteiger partial charge in [-0.05, 0) is 36.4 Å². The highest BCUT2D eigenvalue weighted by molar-refractivity contribution is 7.92. The van der Waals surface area contributed by atoms with Crippen LogP contribution in [-0.4, -0.2) is 39.0 Å². The molecule has 3 aromatic heterocycles. The Labute approximate surface area is 173 Å². The molecule has 1 amide bonds. The Bertz CT molecular complexity index is 1330. The molecule has 0 unspecified atom stereocenters. The van der Waals surface area contributed by atoms with Gasteiger partial charge in [0.25, 0.3) is 15.7 Å². The predicted molar refractivity (Wildman–Crippen MR) is 104 cm³/mol. The van der Waals surface area contributed by atoms with Crippen LogP contribution in [0.5, 0.6) is 0 Å². The van der Waals surface area contributed by atoms with Gasteiger partial charge in [0.1, 0.15) is 5.65 Å². The molecular weight excluding hydrogens is 435 g/mol. The molecule has 3 heterocycles. The summed E-state index contributed by atoms with van der Waals surface area (Å²) in [5, 5.41) is 6.71. The van der Waals surface area contributed by atoms with Gasteiger partial charge in [-0.1, -0.05) is 6.07 Å². The van der Waals surface area contributed by atoms with Gasteiger partial charge in [-0.15, -0.1) is 0 Å². The molecule has 4 aromatic rings. The summed E-state index contributed by atoms with van der Waals surface area (Å²) in [6.45, 7) is 0.363. The number of aromatic nitrogens is 4. The number of fused-ring (bicyclic) bond motifs is 1. The van der Waals surface area contributed by atoms with Gasteiger partial charge < -0.3 is 9.72 Å². The number of nitrogens with zero attached hydrogens (tertiary/aromatic N) is 4. The molecule has 0 spiro atoms. The van der Waals surface area contributed by atoms with Crippen LogP contribution < -0.4 is 5.32 Å². The van der Waals surface area contributed by atoms with E-state index in [-0.39, 0.29) is 5.56 Å². The number of halogens is 3. The molecule has 1 N–H and O–H groups in total. The lowest BCUT2D eigenvalue weighted by Gasteiger charge is -2.08. The number of anilines is 1. The molecule has 0 fully saturated rings. The van der Waals surface area contributed by atoms with Crippen LogP contribution in [0, 0.1) is 0 Å². The molecule has 0 atom stereocenters. The second-order valence-electron chi connectivity index (χ2n) is 6.55. The lowest BCUT2D eigenvalue weighted by atomic mass is 10.2. The van der Waals surface area contributed by atoms with Crippen molar-refractivity contribution in [2.24, 2.45) is 0 Å². The van der Waals surface area contributed by atoms with Crippen LogP contribution in [0.15, 0.2) is 72.1 Å². The molecule has 0 aliphatic heterocycles. The number of hydrogen-bond donors (Lipinski definition) is 1. The van der Waals surface area contributed by atoms with E-state index in [0.717, 1.165) is 35.6 Å². The minimum atomic E-state index is -5.47. The van der Waals surface area contributed by atoms with Gasteiger partial charge in [-0.3, -0.25) is 9.48 Å². The zero-order chi connectivity index (χ0) is 22.2. The number of pyridine rings is 1. The van der Waals surface area contributed by atoms with Gasteiger partial charge in [-0.2, -0.15) is 18.3 Å². The predicted octanol–water partition coefficient (Wildman–Crippen LogP) is 3.12. The molecule has 160 valence electrons. The number of sulfone groups is 1. The molecule has 0 aliphatic rings. The van der Waals surface area contributed by atoms with E-state index < -0.39 is 26.1 Å². The van der Waals surface area contributed by atoms with Crippen molar-refractivity contribution in [3.05, 3.63) is 78.5 Å². The Morgan fingerprint density at radius 3 is 2.48 bits per heavy atom. The van der Waals surface area contributed by atoms with E-state index in [1.807, 2.05) is 35.0 Å². The molecule has 4 rings (SSSR count). The van der Waals surface area contributed by atoms with Crippen molar-refractivity contribution in [3.8, 4) is 0 Å². The van der Waals surface area contributed by atoms with Crippen molar-refractivity contribution in [2.75, 3.05) is 5.32 Å². The molecule has 12 heteroatoms. The van der Waals surface area contributed by atoms with Crippen LogP contribution in [0.3, 0.4) is 0 Å². The standard InChI is InChI=1S/C19H14F3N5O3S/c20-19(21,22)31(29,30)16-6-4-13(5-7-16)18(28)25-14-9-23-27(11-14)12-15-10-26-8-2-1-3-17(26)24-15/h1-11H,12H2,(H,25,28). The van der Waals surface area contributed by atoms with E-state index in [1.54, 1.807) is 10.9 Å². The minimum Gasteiger partial charge on any atom is -0.319 e. The number of carbonyl (C=O) groups is 1. The summed E-state index contributed by atoms with van der Waals surface area (Å²) in [5.74, 6) is -0.622. The van der Waals surface area contributed by atoms with E-state index >= 15 is 0 Å². The summed E-state index contributed by atoms with van der Waals surface area (Å²) in [4.78, 5) is 15.8. The number of hydrogen-bond acceptors (Lipinski definition) is 5. The van der Waals surface area contributed by atoms with Crippen molar-refractivity contribution in [2.45, 2.75) is 16.9 Å².